The molecule has 0 aliphatic carbocycles. The van der Waals surface area contributed by atoms with Crippen molar-refractivity contribution >= 4 is 11.7 Å². The maximum atomic E-state index is 13.9. The minimum atomic E-state index is -1.01. The molecule has 0 spiro atoms. The van der Waals surface area contributed by atoms with Gasteiger partial charge in [-0.15, -0.1) is 0 Å². The van der Waals surface area contributed by atoms with E-state index in [9.17, 15) is 14.7 Å². The van der Waals surface area contributed by atoms with Crippen LogP contribution in [0.25, 0.3) is 21.6 Å². The number of piperidine rings is 1. The van der Waals surface area contributed by atoms with Crippen LogP contribution in [0.5, 0.6) is 0 Å². The quantitative estimate of drug-likeness (QED) is 0.0913. The van der Waals surface area contributed by atoms with E-state index in [2.05, 4.69) is 51.9 Å². The summed E-state index contributed by atoms with van der Waals surface area (Å²) in [5.41, 5.74) is 18.3. The van der Waals surface area contributed by atoms with Crippen molar-refractivity contribution in [3.8, 4) is 11.1 Å². The molecular weight excluding hydrogens is 631 g/mol. The van der Waals surface area contributed by atoms with Crippen molar-refractivity contribution in [3.05, 3.63) is 91.9 Å². The number of nitrogens with zero attached hydrogens (tertiary/aromatic N) is 6. The fourth-order valence-corrected chi connectivity index (χ4v) is 7.11. The average molecular weight is 685 g/mol. The lowest BCUT2D eigenvalue weighted by atomic mass is 9.81. The van der Waals surface area contributed by atoms with E-state index >= 15 is 0 Å². The molecule has 2 aliphatic heterocycles. The lowest BCUT2D eigenvalue weighted by molar-refractivity contribution is -0.171. The number of fused-ring (bicyclic) bond motifs is 1. The molecule has 0 amide bonds. The zero-order valence-electron chi connectivity index (χ0n) is 31.3. The van der Waals surface area contributed by atoms with Crippen LogP contribution in [0, 0.1) is 25.1 Å². The fourth-order valence-electron chi connectivity index (χ4n) is 7.11. The van der Waals surface area contributed by atoms with E-state index in [1.807, 2.05) is 54.5 Å². The molecule has 3 heterocycles. The molecule has 5 rings (SSSR count). The number of anilines is 1. The summed E-state index contributed by atoms with van der Waals surface area (Å²) in [4.78, 5) is 26.9. The summed E-state index contributed by atoms with van der Waals surface area (Å²) < 4.78 is 26.2. The van der Waals surface area contributed by atoms with Gasteiger partial charge in [0, 0.05) is 54.5 Å². The predicted octanol–water partition coefficient (Wildman–Crippen LogP) is 9.31. The Morgan fingerprint density at radius 3 is 2.44 bits per heavy atom. The third kappa shape index (κ3) is 8.84. The second kappa shape index (κ2) is 15.1. The van der Waals surface area contributed by atoms with Gasteiger partial charge in [0.25, 0.3) is 0 Å². The Hall–Kier alpha value is -3.98. The number of carbonyl (C=O) groups is 1. The number of hydrogen-bond donors (Lipinski definition) is 0. The molecule has 0 radical (unpaired) electrons. The van der Waals surface area contributed by atoms with Crippen molar-refractivity contribution in [2.45, 2.75) is 119 Å². The maximum absolute atomic E-state index is 13.9. The Balaban J connectivity index is 1.66. The summed E-state index contributed by atoms with van der Waals surface area (Å²) in [6.45, 7) is 22.0. The molecular formula is C40H53FN6O3. The first-order chi connectivity index (χ1) is 23.5. The fraction of sp³-hybridized carbons (Fsp3) is 0.550. The first-order valence-corrected chi connectivity index (χ1v) is 17.8. The van der Waals surface area contributed by atoms with Gasteiger partial charge in [0.1, 0.15) is 5.82 Å². The topological polar surface area (TPSA) is 104 Å². The van der Waals surface area contributed by atoms with E-state index in [1.165, 1.54) is 17.2 Å². The van der Waals surface area contributed by atoms with E-state index in [1.54, 1.807) is 6.07 Å². The molecule has 0 N–H and O–H groups in total. The van der Waals surface area contributed by atoms with E-state index in [4.69, 9.17) is 14.5 Å². The minimum absolute atomic E-state index is 0.0718. The molecule has 1 aromatic heterocycles. The first kappa shape index (κ1) is 37.3. The zero-order valence-corrected chi connectivity index (χ0v) is 31.3. The van der Waals surface area contributed by atoms with Crippen molar-refractivity contribution in [1.82, 2.24) is 9.88 Å². The largest absolute Gasteiger partial charge is 0.461 e. The highest BCUT2D eigenvalue weighted by Crippen LogP contribution is 2.46. The summed E-state index contributed by atoms with van der Waals surface area (Å²) in [5.74, 6) is -0.661. The predicted molar refractivity (Wildman–Crippen MR) is 196 cm³/mol. The summed E-state index contributed by atoms with van der Waals surface area (Å²) in [6.07, 6.45) is 1.48. The Labute approximate surface area is 296 Å². The van der Waals surface area contributed by atoms with Crippen molar-refractivity contribution in [2.75, 3.05) is 24.5 Å². The summed E-state index contributed by atoms with van der Waals surface area (Å²) in [7, 11) is 0. The van der Waals surface area contributed by atoms with E-state index < -0.39 is 17.7 Å². The van der Waals surface area contributed by atoms with Crippen molar-refractivity contribution in [3.63, 3.8) is 0 Å². The lowest BCUT2D eigenvalue weighted by Crippen LogP contribution is -2.39. The van der Waals surface area contributed by atoms with Gasteiger partial charge in [-0.05, 0) is 119 Å². The van der Waals surface area contributed by atoms with Gasteiger partial charge in [-0.25, -0.2) is 9.18 Å². The van der Waals surface area contributed by atoms with E-state index in [-0.39, 0.29) is 23.9 Å². The van der Waals surface area contributed by atoms with Gasteiger partial charge in [0.05, 0.1) is 29.6 Å². The van der Waals surface area contributed by atoms with Crippen molar-refractivity contribution < 1.29 is 18.7 Å². The molecule has 50 heavy (non-hydrogen) atoms. The highest BCUT2D eigenvalue weighted by atomic mass is 19.1. The summed E-state index contributed by atoms with van der Waals surface area (Å²) >= 11 is 0. The average Bonchev–Trinajstić information content (AvgIpc) is 3.03. The van der Waals surface area contributed by atoms with Gasteiger partial charge in [-0.1, -0.05) is 43.2 Å². The van der Waals surface area contributed by atoms with E-state index in [0.717, 1.165) is 79.9 Å². The number of halogens is 1. The SMILES string of the molecule is Cc1cc(F)ccc1CN1CCc2cc(-c3c(CN=[N+]=[N-])nc(C)c(C(OC(C)(C)C)C(=O)OC(C)C)c3N3CCC(C)(C)CC3)ccc2C1. The highest BCUT2D eigenvalue weighted by Gasteiger charge is 2.38. The number of aromatic nitrogens is 1. The van der Waals surface area contributed by atoms with Crippen LogP contribution < -0.4 is 4.90 Å². The summed E-state index contributed by atoms with van der Waals surface area (Å²) in [5, 5.41) is 3.98. The second-order valence-electron chi connectivity index (χ2n) is 15.9. The molecule has 10 heteroatoms. The number of rotatable bonds is 10. The second-order valence-corrected chi connectivity index (χ2v) is 15.9. The van der Waals surface area contributed by atoms with E-state index in [0.29, 0.717) is 17.0 Å². The molecule has 1 fully saturated rings. The number of azide groups is 1. The molecule has 1 unspecified atom stereocenters. The lowest BCUT2D eigenvalue weighted by Gasteiger charge is -2.41. The van der Waals surface area contributed by atoms with Crippen molar-refractivity contribution in [1.29, 1.82) is 0 Å². The van der Waals surface area contributed by atoms with Crippen LogP contribution in [0.15, 0.2) is 41.5 Å². The van der Waals surface area contributed by atoms with Crippen LogP contribution in [0.3, 0.4) is 0 Å². The molecule has 2 aliphatic rings. The van der Waals surface area contributed by atoms with Gasteiger partial charge >= 0.3 is 5.97 Å². The standard InChI is InChI=1S/C40H53FN6O3/c1-25(2)49-38(48)37(50-39(5,6)7)34-27(4)44-33(22-43-45-42)35(36(34)47-18-15-40(8,9)16-19-47)29-10-11-31-24-46(17-14-28(31)21-29)23-30-12-13-32(41)20-26(30)3/h10-13,20-21,25,37H,14-19,22-24H2,1-9H3. The molecule has 1 atom stereocenters. The van der Waals surface area contributed by atoms with Crippen LogP contribution >= 0.6 is 0 Å². The van der Waals surface area contributed by atoms with Crippen LogP contribution in [0.2, 0.25) is 0 Å². The molecule has 0 saturated carbocycles. The smallest absolute Gasteiger partial charge is 0.340 e. The number of ether oxygens (including phenoxy) is 2. The number of pyridine rings is 1. The van der Waals surface area contributed by atoms with Gasteiger partial charge in [0.2, 0.25) is 0 Å². The molecule has 2 aromatic carbocycles. The summed E-state index contributed by atoms with van der Waals surface area (Å²) in [6, 6.07) is 11.6. The van der Waals surface area contributed by atoms with Crippen LogP contribution in [-0.4, -0.2) is 47.2 Å². The Kier molecular flexibility index (Phi) is 11.3. The third-order valence-corrected chi connectivity index (χ3v) is 9.77. The molecule has 3 aromatic rings. The molecule has 0 bridgehead atoms. The van der Waals surface area contributed by atoms with Gasteiger partial charge in [-0.3, -0.25) is 9.88 Å². The monoisotopic (exact) mass is 684 g/mol. The minimum Gasteiger partial charge on any atom is -0.461 e. The zero-order chi connectivity index (χ0) is 36.4. The van der Waals surface area contributed by atoms with Gasteiger partial charge < -0.3 is 14.4 Å². The Morgan fingerprint density at radius 2 is 1.80 bits per heavy atom. The van der Waals surface area contributed by atoms with Gasteiger partial charge in [-0.2, -0.15) is 0 Å². The number of benzene rings is 2. The third-order valence-electron chi connectivity index (χ3n) is 9.77. The van der Waals surface area contributed by atoms with Gasteiger partial charge in [0.15, 0.2) is 6.10 Å². The number of hydrogen-bond acceptors (Lipinski definition) is 7. The van der Waals surface area contributed by atoms with Crippen LogP contribution in [0.1, 0.15) is 107 Å². The molecule has 1 saturated heterocycles. The Morgan fingerprint density at radius 1 is 1.08 bits per heavy atom. The Bertz CT molecular complexity index is 1770. The number of esters is 1. The van der Waals surface area contributed by atoms with Crippen LogP contribution in [-0.2, 0) is 40.3 Å². The number of carbonyl (C=O) groups excluding carboxylic acids is 1. The normalized spacial score (nSPS) is 16.9. The number of aryl methyl sites for hydroxylation is 2. The highest BCUT2D eigenvalue weighted by molar-refractivity contribution is 5.89. The maximum Gasteiger partial charge on any atom is 0.340 e. The van der Waals surface area contributed by atoms with Crippen LogP contribution in [0.4, 0.5) is 10.1 Å². The first-order valence-electron chi connectivity index (χ1n) is 17.8. The molecule has 9 nitrogen and oxygen atoms in total. The molecule has 268 valence electrons. The van der Waals surface area contributed by atoms with Crippen molar-refractivity contribution in [2.24, 2.45) is 10.5 Å².